The van der Waals surface area contributed by atoms with Crippen molar-refractivity contribution < 1.29 is 27.9 Å². The SMILES string of the molecule is COc1ccccc1[C@H](CC(=O)O)NS(=O)(=O)c1ccc2c(c1)C[C@@H](C)N2C(C)=O. The summed E-state index contributed by atoms with van der Waals surface area (Å²) in [7, 11) is -2.59. The average molecular weight is 432 g/mol. The van der Waals surface area contributed by atoms with Gasteiger partial charge in [0.15, 0.2) is 0 Å². The van der Waals surface area contributed by atoms with Gasteiger partial charge in [0, 0.05) is 24.2 Å². The van der Waals surface area contributed by atoms with E-state index in [0.29, 0.717) is 23.4 Å². The minimum Gasteiger partial charge on any atom is -0.496 e. The number of hydrogen-bond donors (Lipinski definition) is 2. The third-order valence-corrected chi connectivity index (χ3v) is 6.58. The van der Waals surface area contributed by atoms with E-state index in [0.717, 1.165) is 5.56 Å². The summed E-state index contributed by atoms with van der Waals surface area (Å²) in [5.74, 6) is -0.854. The smallest absolute Gasteiger partial charge is 0.305 e. The van der Waals surface area contributed by atoms with E-state index in [1.807, 2.05) is 6.92 Å². The summed E-state index contributed by atoms with van der Waals surface area (Å²) in [6.07, 6.45) is 0.100. The summed E-state index contributed by atoms with van der Waals surface area (Å²) in [5.41, 5.74) is 1.89. The largest absolute Gasteiger partial charge is 0.496 e. The van der Waals surface area contributed by atoms with E-state index >= 15 is 0 Å². The number of rotatable bonds is 7. The van der Waals surface area contributed by atoms with Gasteiger partial charge in [0.05, 0.1) is 24.5 Å². The molecule has 2 N–H and O–H groups in total. The standard InChI is InChI=1S/C21H24N2O6S/c1-13-10-15-11-16(8-9-19(15)23(13)14(2)24)30(27,28)22-18(12-21(25)26)17-6-4-5-7-20(17)29-3/h4-9,11,13,18,22H,10,12H2,1-3H3,(H,25,26)/t13-,18+/m1/s1. The van der Waals surface area contributed by atoms with Crippen molar-refractivity contribution in [1.82, 2.24) is 4.72 Å². The predicted molar refractivity (Wildman–Crippen MR) is 111 cm³/mol. The van der Waals surface area contributed by atoms with Gasteiger partial charge < -0.3 is 14.7 Å². The van der Waals surface area contributed by atoms with E-state index < -0.39 is 28.5 Å². The number of nitrogens with one attached hydrogen (secondary N) is 1. The Balaban J connectivity index is 1.95. The van der Waals surface area contributed by atoms with Crippen molar-refractivity contribution in [2.24, 2.45) is 0 Å². The number of carbonyl (C=O) groups excluding carboxylic acids is 1. The van der Waals surface area contributed by atoms with Crippen LogP contribution < -0.4 is 14.4 Å². The van der Waals surface area contributed by atoms with Crippen LogP contribution in [0.1, 0.15) is 37.4 Å². The molecular formula is C21H24N2O6S. The minimum atomic E-state index is -4.03. The molecule has 0 saturated heterocycles. The van der Waals surface area contributed by atoms with Crippen molar-refractivity contribution in [2.75, 3.05) is 12.0 Å². The van der Waals surface area contributed by atoms with E-state index in [9.17, 15) is 23.1 Å². The Morgan fingerprint density at radius 1 is 1.27 bits per heavy atom. The number of carbonyl (C=O) groups is 2. The van der Waals surface area contributed by atoms with Crippen molar-refractivity contribution >= 4 is 27.6 Å². The number of anilines is 1. The molecule has 1 aliphatic heterocycles. The highest BCUT2D eigenvalue weighted by molar-refractivity contribution is 7.89. The molecule has 2 aromatic rings. The van der Waals surface area contributed by atoms with Gasteiger partial charge in [0.1, 0.15) is 5.75 Å². The molecule has 0 saturated carbocycles. The van der Waals surface area contributed by atoms with Crippen molar-refractivity contribution in [3.63, 3.8) is 0 Å². The van der Waals surface area contributed by atoms with Crippen molar-refractivity contribution in [2.45, 2.75) is 43.7 Å². The molecule has 0 aromatic heterocycles. The number of benzene rings is 2. The van der Waals surface area contributed by atoms with Crippen molar-refractivity contribution in [1.29, 1.82) is 0 Å². The normalized spacial score (nSPS) is 16.8. The lowest BCUT2D eigenvalue weighted by atomic mass is 10.0. The van der Waals surface area contributed by atoms with Crippen LogP contribution in [0.25, 0.3) is 0 Å². The first kappa shape index (κ1) is 21.8. The summed E-state index contributed by atoms with van der Waals surface area (Å²) >= 11 is 0. The van der Waals surface area contributed by atoms with E-state index in [1.54, 1.807) is 35.2 Å². The third-order valence-electron chi connectivity index (χ3n) is 5.11. The zero-order valence-corrected chi connectivity index (χ0v) is 17.8. The number of hydrogen-bond acceptors (Lipinski definition) is 5. The van der Waals surface area contributed by atoms with Crippen LogP contribution in [0, 0.1) is 0 Å². The molecule has 3 rings (SSSR count). The number of aliphatic carboxylic acids is 1. The van der Waals surface area contributed by atoms with Gasteiger partial charge in [-0.15, -0.1) is 0 Å². The van der Waals surface area contributed by atoms with Crippen LogP contribution in [-0.4, -0.2) is 38.6 Å². The van der Waals surface area contributed by atoms with Gasteiger partial charge in [-0.1, -0.05) is 18.2 Å². The molecule has 0 aliphatic carbocycles. The fraction of sp³-hybridized carbons (Fsp3) is 0.333. The lowest BCUT2D eigenvalue weighted by molar-refractivity contribution is -0.137. The maximum Gasteiger partial charge on any atom is 0.305 e. The van der Waals surface area contributed by atoms with Gasteiger partial charge in [0.25, 0.3) is 0 Å². The van der Waals surface area contributed by atoms with Gasteiger partial charge in [0.2, 0.25) is 15.9 Å². The number of para-hydroxylation sites is 1. The molecule has 30 heavy (non-hydrogen) atoms. The second kappa shape index (κ2) is 8.45. The molecule has 9 heteroatoms. The first-order chi connectivity index (χ1) is 14.1. The number of amides is 1. The maximum atomic E-state index is 13.1. The van der Waals surface area contributed by atoms with E-state index in [-0.39, 0.29) is 16.8 Å². The fourth-order valence-corrected chi connectivity index (χ4v) is 5.12. The van der Waals surface area contributed by atoms with E-state index in [1.165, 1.54) is 26.2 Å². The average Bonchev–Trinajstić information content (AvgIpc) is 3.01. The van der Waals surface area contributed by atoms with Crippen LogP contribution in [0.2, 0.25) is 0 Å². The van der Waals surface area contributed by atoms with Crippen LogP contribution in [0.15, 0.2) is 47.4 Å². The highest BCUT2D eigenvalue weighted by atomic mass is 32.2. The molecule has 0 fully saturated rings. The fourth-order valence-electron chi connectivity index (χ4n) is 3.85. The van der Waals surface area contributed by atoms with Gasteiger partial charge in [-0.3, -0.25) is 9.59 Å². The molecule has 1 heterocycles. The van der Waals surface area contributed by atoms with Crippen LogP contribution in [0.5, 0.6) is 5.75 Å². The Morgan fingerprint density at radius 3 is 2.60 bits per heavy atom. The van der Waals surface area contributed by atoms with Gasteiger partial charge in [-0.25, -0.2) is 13.1 Å². The molecule has 0 radical (unpaired) electrons. The third kappa shape index (κ3) is 4.31. The van der Waals surface area contributed by atoms with E-state index in [2.05, 4.69) is 4.72 Å². The summed E-state index contributed by atoms with van der Waals surface area (Å²) in [5, 5.41) is 9.30. The molecule has 0 spiro atoms. The number of sulfonamides is 1. The predicted octanol–water partition coefficient (Wildman–Crippen LogP) is 2.49. The van der Waals surface area contributed by atoms with Crippen LogP contribution in [0.3, 0.4) is 0 Å². The molecule has 0 bridgehead atoms. The number of methoxy groups -OCH3 is 1. The molecule has 0 unspecified atom stereocenters. The molecule has 1 amide bonds. The number of nitrogens with zero attached hydrogens (tertiary/aromatic N) is 1. The van der Waals surface area contributed by atoms with Crippen molar-refractivity contribution in [3.05, 3.63) is 53.6 Å². The Morgan fingerprint density at radius 2 is 1.97 bits per heavy atom. The van der Waals surface area contributed by atoms with Crippen LogP contribution in [-0.2, 0) is 26.0 Å². The lowest BCUT2D eigenvalue weighted by Crippen LogP contribution is -2.33. The number of ether oxygens (including phenoxy) is 1. The summed E-state index contributed by atoms with van der Waals surface area (Å²) in [6.45, 7) is 3.37. The zero-order chi connectivity index (χ0) is 22.1. The maximum absolute atomic E-state index is 13.1. The highest BCUT2D eigenvalue weighted by Crippen LogP contribution is 2.35. The van der Waals surface area contributed by atoms with Gasteiger partial charge >= 0.3 is 5.97 Å². The lowest BCUT2D eigenvalue weighted by Gasteiger charge is -2.21. The molecule has 2 atom stereocenters. The van der Waals surface area contributed by atoms with Crippen LogP contribution >= 0.6 is 0 Å². The minimum absolute atomic E-state index is 0.0177. The summed E-state index contributed by atoms with van der Waals surface area (Å²) in [6, 6.07) is 10.2. The molecule has 2 aromatic carbocycles. The Hall–Kier alpha value is -2.91. The monoisotopic (exact) mass is 432 g/mol. The highest BCUT2D eigenvalue weighted by Gasteiger charge is 2.31. The summed E-state index contributed by atoms with van der Waals surface area (Å²) < 4.78 is 33.9. The number of carboxylic acids is 1. The second-order valence-electron chi connectivity index (χ2n) is 7.25. The van der Waals surface area contributed by atoms with Crippen LogP contribution in [0.4, 0.5) is 5.69 Å². The molecule has 1 aliphatic rings. The molecule has 160 valence electrons. The number of fused-ring (bicyclic) bond motifs is 1. The first-order valence-corrected chi connectivity index (χ1v) is 10.9. The van der Waals surface area contributed by atoms with E-state index in [4.69, 9.17) is 4.74 Å². The van der Waals surface area contributed by atoms with Crippen molar-refractivity contribution in [3.8, 4) is 5.75 Å². The molecule has 8 nitrogen and oxygen atoms in total. The Labute approximate surface area is 175 Å². The Bertz CT molecular complexity index is 1080. The van der Waals surface area contributed by atoms with Gasteiger partial charge in [-0.2, -0.15) is 0 Å². The zero-order valence-electron chi connectivity index (χ0n) is 17.0. The topological polar surface area (TPSA) is 113 Å². The number of carboxylic acid groups (broad SMARTS) is 1. The van der Waals surface area contributed by atoms with Gasteiger partial charge in [-0.05, 0) is 43.2 Å². The summed E-state index contributed by atoms with van der Waals surface area (Å²) in [4.78, 5) is 24.9. The molecular weight excluding hydrogens is 408 g/mol. The Kier molecular flexibility index (Phi) is 6.14. The quantitative estimate of drug-likeness (QED) is 0.695. The first-order valence-electron chi connectivity index (χ1n) is 9.43. The second-order valence-corrected chi connectivity index (χ2v) is 8.96.